The molecule has 1 aromatic carbocycles. The lowest BCUT2D eigenvalue weighted by molar-refractivity contribution is -0.138. The van der Waals surface area contributed by atoms with E-state index in [1.165, 1.54) is 0 Å². The van der Waals surface area contributed by atoms with Crippen LogP contribution in [-0.2, 0) is 9.53 Å². The van der Waals surface area contributed by atoms with Gasteiger partial charge in [-0.3, -0.25) is 0 Å². The highest BCUT2D eigenvalue weighted by molar-refractivity contribution is 5.91. The summed E-state index contributed by atoms with van der Waals surface area (Å²) in [4.78, 5) is 14.2. The molecule has 0 fully saturated rings. The van der Waals surface area contributed by atoms with Crippen LogP contribution >= 0.6 is 0 Å². The number of carbonyl (C=O) groups is 1. The maximum absolute atomic E-state index is 12.1. The van der Waals surface area contributed by atoms with Gasteiger partial charge in [0.1, 0.15) is 0 Å². The summed E-state index contributed by atoms with van der Waals surface area (Å²) in [6.07, 6.45) is 8.65. The van der Waals surface area contributed by atoms with Crippen molar-refractivity contribution in [1.29, 1.82) is 0 Å². The quantitative estimate of drug-likeness (QED) is 0.626. The monoisotopic (exact) mass is 293 g/mol. The molecule has 0 saturated carbocycles. The Labute approximate surface area is 130 Å². The van der Waals surface area contributed by atoms with E-state index in [9.17, 15) is 4.79 Å². The molecule has 3 nitrogen and oxygen atoms in total. The predicted octanol–water partition coefficient (Wildman–Crippen LogP) is 3.67. The Hall–Kier alpha value is -2.55. The van der Waals surface area contributed by atoms with E-state index >= 15 is 0 Å². The minimum absolute atomic E-state index is 0.0954. The molecule has 112 valence electrons. The molecule has 0 aromatic heterocycles. The van der Waals surface area contributed by atoms with Crippen LogP contribution in [0.25, 0.3) is 5.57 Å². The highest BCUT2D eigenvalue weighted by Gasteiger charge is 2.33. The third-order valence-electron chi connectivity index (χ3n) is 3.96. The molecular weight excluding hydrogens is 274 g/mol. The van der Waals surface area contributed by atoms with Crippen molar-refractivity contribution in [2.45, 2.75) is 19.4 Å². The van der Waals surface area contributed by atoms with Crippen molar-refractivity contribution in [1.82, 2.24) is 4.90 Å². The van der Waals surface area contributed by atoms with Gasteiger partial charge >= 0.3 is 5.97 Å². The van der Waals surface area contributed by atoms with Gasteiger partial charge in [-0.2, -0.15) is 0 Å². The van der Waals surface area contributed by atoms with Gasteiger partial charge < -0.3 is 9.64 Å². The van der Waals surface area contributed by atoms with E-state index in [4.69, 9.17) is 4.74 Å². The van der Waals surface area contributed by atoms with E-state index < -0.39 is 0 Å². The highest BCUT2D eigenvalue weighted by atomic mass is 16.5. The summed E-state index contributed by atoms with van der Waals surface area (Å²) < 4.78 is 5.17. The van der Waals surface area contributed by atoms with E-state index in [1.54, 1.807) is 0 Å². The zero-order valence-electron chi connectivity index (χ0n) is 12.7. The van der Waals surface area contributed by atoms with Crippen LogP contribution in [0.3, 0.4) is 0 Å². The number of benzene rings is 1. The minimum Gasteiger partial charge on any atom is -0.463 e. The minimum atomic E-state index is -0.229. The average Bonchev–Trinajstić information content (AvgIpc) is 2.94. The summed E-state index contributed by atoms with van der Waals surface area (Å²) >= 11 is 0. The molecule has 0 unspecified atom stereocenters. The number of esters is 1. The second-order valence-corrected chi connectivity index (χ2v) is 5.28. The maximum Gasteiger partial charge on any atom is 0.336 e. The van der Waals surface area contributed by atoms with Crippen molar-refractivity contribution in [3.05, 3.63) is 78.2 Å². The molecule has 0 spiro atoms. The van der Waals surface area contributed by atoms with Gasteiger partial charge in [-0.05, 0) is 24.1 Å². The van der Waals surface area contributed by atoms with Gasteiger partial charge in [0.05, 0.1) is 23.9 Å². The highest BCUT2D eigenvalue weighted by Crippen LogP contribution is 2.36. The lowest BCUT2D eigenvalue weighted by Gasteiger charge is -2.26. The second kappa shape index (κ2) is 6.06. The summed E-state index contributed by atoms with van der Waals surface area (Å²) in [5.74, 6) is -0.229. The number of hydrogen-bond donors (Lipinski definition) is 0. The molecule has 22 heavy (non-hydrogen) atoms. The molecule has 3 rings (SSSR count). The van der Waals surface area contributed by atoms with Crippen molar-refractivity contribution in [2.75, 3.05) is 6.61 Å². The van der Waals surface area contributed by atoms with Gasteiger partial charge in [0.25, 0.3) is 0 Å². The molecule has 2 aliphatic heterocycles. The first-order valence-electron chi connectivity index (χ1n) is 7.51. The van der Waals surface area contributed by atoms with E-state index in [1.807, 2.05) is 43.4 Å². The molecule has 0 radical (unpaired) electrons. The SMILES string of the molecule is C=C[C@H]1CC(C(=O)OCC)=C2C=CC(c3ccccc3)=CN21. The first-order chi connectivity index (χ1) is 10.7. The fourth-order valence-corrected chi connectivity index (χ4v) is 2.86. The Morgan fingerprint density at radius 1 is 1.36 bits per heavy atom. The molecule has 0 saturated heterocycles. The number of hydrogen-bond acceptors (Lipinski definition) is 3. The Kier molecular flexibility index (Phi) is 3.96. The standard InChI is InChI=1S/C19H19NO2/c1-3-16-12-17(19(21)22-4-2)18-11-10-15(13-20(16)18)14-8-6-5-7-9-14/h3,5-11,13,16H,1,4,12H2,2H3/t16-/m0/s1. The summed E-state index contributed by atoms with van der Waals surface area (Å²) in [5.41, 5.74) is 3.93. The van der Waals surface area contributed by atoms with Crippen LogP contribution in [0.2, 0.25) is 0 Å². The van der Waals surface area contributed by atoms with Crippen molar-refractivity contribution in [2.24, 2.45) is 0 Å². The van der Waals surface area contributed by atoms with Crippen LogP contribution in [0.15, 0.2) is 72.6 Å². The molecule has 1 aromatic rings. The summed E-state index contributed by atoms with van der Waals surface area (Å²) in [6.45, 7) is 6.11. The Balaban J connectivity index is 1.96. The molecule has 3 heteroatoms. The van der Waals surface area contributed by atoms with Crippen LogP contribution in [0.1, 0.15) is 18.9 Å². The molecular formula is C19H19NO2. The van der Waals surface area contributed by atoms with Gasteiger partial charge in [-0.1, -0.05) is 42.5 Å². The average molecular weight is 293 g/mol. The zero-order chi connectivity index (χ0) is 15.5. The number of nitrogens with zero attached hydrogens (tertiary/aromatic N) is 1. The van der Waals surface area contributed by atoms with Crippen molar-refractivity contribution in [3.63, 3.8) is 0 Å². The van der Waals surface area contributed by atoms with E-state index in [2.05, 4.69) is 29.8 Å². The van der Waals surface area contributed by atoms with E-state index in [0.717, 1.165) is 22.4 Å². The van der Waals surface area contributed by atoms with E-state index in [-0.39, 0.29) is 12.0 Å². The Morgan fingerprint density at radius 2 is 2.14 bits per heavy atom. The third-order valence-corrected chi connectivity index (χ3v) is 3.96. The molecule has 0 amide bonds. The molecule has 2 aliphatic rings. The molecule has 2 heterocycles. The van der Waals surface area contributed by atoms with Gasteiger partial charge in [-0.25, -0.2) is 4.79 Å². The van der Waals surface area contributed by atoms with Crippen molar-refractivity contribution >= 4 is 11.5 Å². The lowest BCUT2D eigenvalue weighted by Crippen LogP contribution is -2.23. The van der Waals surface area contributed by atoms with Gasteiger partial charge in [-0.15, -0.1) is 6.58 Å². The largest absolute Gasteiger partial charge is 0.463 e. The zero-order valence-corrected chi connectivity index (χ0v) is 12.7. The molecule has 0 N–H and O–H groups in total. The first-order valence-corrected chi connectivity index (χ1v) is 7.51. The van der Waals surface area contributed by atoms with Crippen LogP contribution < -0.4 is 0 Å². The fourth-order valence-electron chi connectivity index (χ4n) is 2.86. The van der Waals surface area contributed by atoms with Crippen LogP contribution in [0.4, 0.5) is 0 Å². The van der Waals surface area contributed by atoms with Crippen LogP contribution in [-0.4, -0.2) is 23.5 Å². The van der Waals surface area contributed by atoms with Crippen molar-refractivity contribution in [3.8, 4) is 0 Å². The summed E-state index contributed by atoms with van der Waals surface area (Å²) in [7, 11) is 0. The topological polar surface area (TPSA) is 29.5 Å². The second-order valence-electron chi connectivity index (χ2n) is 5.28. The smallest absolute Gasteiger partial charge is 0.336 e. The Bertz CT molecular complexity index is 683. The molecule has 0 bridgehead atoms. The van der Waals surface area contributed by atoms with Gasteiger partial charge in [0.15, 0.2) is 0 Å². The van der Waals surface area contributed by atoms with Crippen molar-refractivity contribution < 1.29 is 9.53 Å². The number of ether oxygens (including phenoxy) is 1. The number of allylic oxidation sites excluding steroid dienone is 3. The van der Waals surface area contributed by atoms with E-state index in [0.29, 0.717) is 13.0 Å². The predicted molar refractivity (Wildman–Crippen MR) is 87.7 cm³/mol. The Morgan fingerprint density at radius 3 is 2.82 bits per heavy atom. The normalized spacial score (nSPS) is 19.8. The molecule has 1 atom stereocenters. The fraction of sp³-hybridized carbons (Fsp3) is 0.211. The lowest BCUT2D eigenvalue weighted by atomic mass is 10.0. The van der Waals surface area contributed by atoms with Gasteiger partial charge in [0.2, 0.25) is 0 Å². The first kappa shape index (κ1) is 14.4. The van der Waals surface area contributed by atoms with Crippen LogP contribution in [0, 0.1) is 0 Å². The summed E-state index contributed by atoms with van der Waals surface area (Å²) in [6, 6.07) is 10.3. The van der Waals surface area contributed by atoms with Crippen LogP contribution in [0.5, 0.6) is 0 Å². The third kappa shape index (κ3) is 2.50. The maximum atomic E-state index is 12.1. The summed E-state index contributed by atoms with van der Waals surface area (Å²) in [5, 5.41) is 0. The number of carbonyl (C=O) groups excluding carboxylic acids is 1. The van der Waals surface area contributed by atoms with Gasteiger partial charge in [0, 0.05) is 12.6 Å². The molecule has 0 aliphatic carbocycles. The number of rotatable bonds is 4. The number of fused-ring (bicyclic) bond motifs is 1.